The molecule has 0 radical (unpaired) electrons. The highest BCUT2D eigenvalue weighted by Gasteiger charge is 2.36. The van der Waals surface area contributed by atoms with Crippen molar-refractivity contribution in [1.82, 2.24) is 10.2 Å². The van der Waals surface area contributed by atoms with Gasteiger partial charge in [0.15, 0.2) is 0 Å². The van der Waals surface area contributed by atoms with Crippen molar-refractivity contribution >= 4 is 0 Å². The molecule has 4 heteroatoms. The largest absolute Gasteiger partial charge is 0.314 e. The first-order valence-electron chi connectivity index (χ1n) is 6.80. The highest BCUT2D eigenvalue weighted by molar-refractivity contribution is 5.20. The molecule has 0 unspecified atom stereocenters. The molecule has 0 bridgehead atoms. The predicted molar refractivity (Wildman–Crippen MR) is 73.5 cm³/mol. The predicted octanol–water partition coefficient (Wildman–Crippen LogP) is 2.85. The summed E-state index contributed by atoms with van der Waals surface area (Å²) < 4.78 is 28.3. The number of halogens is 2. The quantitative estimate of drug-likeness (QED) is 0.903. The van der Waals surface area contributed by atoms with Crippen LogP contribution in [0.4, 0.5) is 8.78 Å². The first-order valence-corrected chi connectivity index (χ1v) is 6.80. The van der Waals surface area contributed by atoms with Crippen LogP contribution in [-0.4, -0.2) is 37.1 Å². The van der Waals surface area contributed by atoms with Crippen molar-refractivity contribution in [3.8, 4) is 0 Å². The van der Waals surface area contributed by atoms with Crippen LogP contribution < -0.4 is 5.32 Å². The summed E-state index contributed by atoms with van der Waals surface area (Å²) in [6.07, 6.45) is 1.82. The van der Waals surface area contributed by atoms with E-state index in [0.29, 0.717) is 0 Å². The number of nitrogens with zero attached hydrogens (tertiary/aromatic N) is 1. The molecule has 0 aliphatic carbocycles. The van der Waals surface area contributed by atoms with Gasteiger partial charge in [0, 0.05) is 24.2 Å². The van der Waals surface area contributed by atoms with Gasteiger partial charge in [0.2, 0.25) is 0 Å². The fourth-order valence-corrected chi connectivity index (χ4v) is 2.51. The number of likely N-dealkylation sites (tertiary alicyclic amines) is 1. The summed E-state index contributed by atoms with van der Waals surface area (Å²) in [4.78, 5) is 1.87. The first-order chi connectivity index (χ1) is 8.95. The minimum Gasteiger partial charge on any atom is -0.314 e. The highest BCUT2D eigenvalue weighted by atomic mass is 19.3. The third-order valence-corrected chi connectivity index (χ3v) is 4.18. The molecule has 1 fully saturated rings. The summed E-state index contributed by atoms with van der Waals surface area (Å²) in [6, 6.07) is 8.09. The van der Waals surface area contributed by atoms with E-state index in [4.69, 9.17) is 0 Å². The molecular weight excluding hydrogens is 246 g/mol. The van der Waals surface area contributed by atoms with Crippen molar-refractivity contribution < 1.29 is 8.78 Å². The van der Waals surface area contributed by atoms with Gasteiger partial charge in [0.25, 0.3) is 5.92 Å². The Labute approximate surface area is 113 Å². The topological polar surface area (TPSA) is 15.3 Å². The second-order valence-electron chi connectivity index (χ2n) is 5.66. The van der Waals surface area contributed by atoms with Gasteiger partial charge < -0.3 is 5.32 Å². The molecule has 2 rings (SSSR count). The van der Waals surface area contributed by atoms with Crippen molar-refractivity contribution in [2.75, 3.05) is 26.7 Å². The molecule has 1 saturated heterocycles. The highest BCUT2D eigenvalue weighted by Crippen LogP contribution is 2.31. The summed E-state index contributed by atoms with van der Waals surface area (Å²) >= 11 is 0. The van der Waals surface area contributed by atoms with Crippen LogP contribution >= 0.6 is 0 Å². The molecule has 1 aliphatic heterocycles. The summed E-state index contributed by atoms with van der Waals surface area (Å²) in [5.41, 5.74) is 0.204. The minimum absolute atomic E-state index is 0.0958. The van der Waals surface area contributed by atoms with Crippen LogP contribution in [0.2, 0.25) is 0 Å². The van der Waals surface area contributed by atoms with E-state index >= 15 is 0 Å². The minimum atomic E-state index is -2.77. The second-order valence-corrected chi connectivity index (χ2v) is 5.66. The zero-order valence-corrected chi connectivity index (χ0v) is 11.6. The average Bonchev–Trinajstić information content (AvgIpc) is 2.42. The Kier molecular flexibility index (Phi) is 4.21. The molecule has 0 atom stereocenters. The summed E-state index contributed by atoms with van der Waals surface area (Å²) in [5.74, 6) is -2.77. The lowest BCUT2D eigenvalue weighted by molar-refractivity contribution is -0.0464. The van der Waals surface area contributed by atoms with Crippen LogP contribution in [0, 0.1) is 0 Å². The molecule has 1 heterocycles. The van der Waals surface area contributed by atoms with Crippen LogP contribution in [0.3, 0.4) is 0 Å². The molecule has 1 aromatic rings. The van der Waals surface area contributed by atoms with Crippen molar-refractivity contribution in [3.05, 3.63) is 35.9 Å². The molecule has 2 nitrogen and oxygen atoms in total. The zero-order valence-electron chi connectivity index (χ0n) is 11.6. The normalized spacial score (nSPS) is 20.4. The molecule has 1 N–H and O–H groups in total. The molecule has 1 aliphatic rings. The van der Waals surface area contributed by atoms with Gasteiger partial charge in [0.1, 0.15) is 0 Å². The fourth-order valence-electron chi connectivity index (χ4n) is 2.51. The van der Waals surface area contributed by atoms with E-state index < -0.39 is 5.92 Å². The van der Waals surface area contributed by atoms with Crippen LogP contribution in [0.1, 0.15) is 25.3 Å². The number of piperidine rings is 1. The number of benzene rings is 1. The number of alkyl halides is 2. The van der Waals surface area contributed by atoms with E-state index in [-0.39, 0.29) is 17.6 Å². The van der Waals surface area contributed by atoms with Crippen LogP contribution in [-0.2, 0) is 5.92 Å². The van der Waals surface area contributed by atoms with E-state index in [1.165, 1.54) is 12.1 Å². The van der Waals surface area contributed by atoms with Crippen molar-refractivity contribution in [3.63, 3.8) is 0 Å². The summed E-state index contributed by atoms with van der Waals surface area (Å²) in [7, 11) is 1.94. The number of hydrogen-bond acceptors (Lipinski definition) is 2. The monoisotopic (exact) mass is 268 g/mol. The van der Waals surface area contributed by atoms with Gasteiger partial charge in [-0.3, -0.25) is 4.90 Å². The fraction of sp³-hybridized carbons (Fsp3) is 0.600. The van der Waals surface area contributed by atoms with Gasteiger partial charge in [-0.05, 0) is 26.8 Å². The van der Waals surface area contributed by atoms with E-state index in [0.717, 1.165) is 25.9 Å². The van der Waals surface area contributed by atoms with Crippen molar-refractivity contribution in [1.29, 1.82) is 0 Å². The Balaban J connectivity index is 1.95. The maximum atomic E-state index is 14.2. The molecule has 0 aromatic heterocycles. The molecule has 0 spiro atoms. The number of hydrogen-bond donors (Lipinski definition) is 1. The standard InChI is InChI=1S/C15H22F2N2/c1-14(18-2)8-10-19(11-9-14)12-15(16,17)13-6-4-3-5-7-13/h3-7,18H,8-12H2,1-2H3. The molecule has 19 heavy (non-hydrogen) atoms. The molecule has 1 aromatic carbocycles. The van der Waals surface area contributed by atoms with Crippen molar-refractivity contribution in [2.24, 2.45) is 0 Å². The number of rotatable bonds is 4. The van der Waals surface area contributed by atoms with Gasteiger partial charge in [0.05, 0.1) is 6.54 Å². The Morgan fingerprint density at radius 1 is 1.21 bits per heavy atom. The van der Waals surface area contributed by atoms with Gasteiger partial charge >= 0.3 is 0 Å². The van der Waals surface area contributed by atoms with Crippen LogP contribution in [0.25, 0.3) is 0 Å². The van der Waals surface area contributed by atoms with Crippen molar-refractivity contribution in [2.45, 2.75) is 31.2 Å². The Morgan fingerprint density at radius 3 is 2.32 bits per heavy atom. The first kappa shape index (κ1) is 14.4. The average molecular weight is 268 g/mol. The van der Waals surface area contributed by atoms with E-state index in [1.54, 1.807) is 18.2 Å². The smallest absolute Gasteiger partial charge is 0.285 e. The third-order valence-electron chi connectivity index (χ3n) is 4.18. The van der Waals surface area contributed by atoms with Gasteiger partial charge in [-0.2, -0.15) is 8.78 Å². The lowest BCUT2D eigenvalue weighted by atomic mass is 9.89. The molecule has 0 saturated carbocycles. The van der Waals surface area contributed by atoms with Gasteiger partial charge in [-0.1, -0.05) is 30.3 Å². The van der Waals surface area contributed by atoms with Gasteiger partial charge in [-0.25, -0.2) is 0 Å². The second kappa shape index (κ2) is 5.55. The van der Waals surface area contributed by atoms with Gasteiger partial charge in [-0.15, -0.1) is 0 Å². The Hall–Kier alpha value is -1.00. The zero-order chi connectivity index (χ0) is 13.9. The van der Waals surface area contributed by atoms with Crippen LogP contribution in [0.15, 0.2) is 30.3 Å². The SMILES string of the molecule is CNC1(C)CCN(CC(F)(F)c2ccccc2)CC1. The lowest BCUT2D eigenvalue weighted by Gasteiger charge is -2.40. The van der Waals surface area contributed by atoms with E-state index in [1.807, 2.05) is 11.9 Å². The van der Waals surface area contributed by atoms with Crippen LogP contribution in [0.5, 0.6) is 0 Å². The maximum Gasteiger partial charge on any atom is 0.285 e. The Morgan fingerprint density at radius 2 is 1.79 bits per heavy atom. The summed E-state index contributed by atoms with van der Waals surface area (Å²) in [6.45, 7) is 3.41. The number of nitrogens with one attached hydrogen (secondary N) is 1. The molecular formula is C15H22F2N2. The molecule has 106 valence electrons. The molecule has 0 amide bonds. The lowest BCUT2D eigenvalue weighted by Crippen LogP contribution is -2.51. The summed E-state index contributed by atoms with van der Waals surface area (Å²) in [5, 5.41) is 3.28. The van der Waals surface area contributed by atoms with E-state index in [2.05, 4.69) is 12.2 Å². The Bertz CT molecular complexity index is 398. The van der Waals surface area contributed by atoms with E-state index in [9.17, 15) is 8.78 Å². The maximum absolute atomic E-state index is 14.2. The third kappa shape index (κ3) is 3.51.